The fourth-order valence-electron chi connectivity index (χ4n) is 2.69. The second kappa shape index (κ2) is 6.23. The van der Waals surface area contributed by atoms with Crippen LogP contribution in [0, 0.1) is 6.92 Å². The van der Waals surface area contributed by atoms with Crippen LogP contribution in [0.2, 0.25) is 0 Å². The van der Waals surface area contributed by atoms with Crippen LogP contribution < -0.4 is 5.32 Å². The van der Waals surface area contributed by atoms with E-state index in [2.05, 4.69) is 5.32 Å². The van der Waals surface area contributed by atoms with Gasteiger partial charge in [0.15, 0.2) is 0 Å². The Hall–Kier alpha value is -1.61. The van der Waals surface area contributed by atoms with Gasteiger partial charge in [-0.05, 0) is 38.3 Å². The van der Waals surface area contributed by atoms with Crippen LogP contribution in [0.15, 0.2) is 29.8 Å². The van der Waals surface area contributed by atoms with E-state index < -0.39 is 5.54 Å². The van der Waals surface area contributed by atoms with E-state index in [1.807, 2.05) is 44.2 Å². The zero-order chi connectivity index (χ0) is 14.6. The number of carbonyl (C=O) groups is 1. The maximum Gasteiger partial charge on any atom is 0.247 e. The normalized spacial score (nSPS) is 18.1. The molecule has 1 aromatic carbocycles. The number of hydrogen-bond donors (Lipinski definition) is 2. The summed E-state index contributed by atoms with van der Waals surface area (Å²) in [6, 6.07) is 8.07. The molecule has 0 bridgehead atoms. The molecule has 0 saturated heterocycles. The maximum absolute atomic E-state index is 12.2. The highest BCUT2D eigenvalue weighted by Gasteiger charge is 2.34. The molecule has 1 aliphatic carbocycles. The van der Waals surface area contributed by atoms with Gasteiger partial charge in [0.05, 0.1) is 12.1 Å². The number of hydrogen-bond acceptors (Lipinski definition) is 2. The Morgan fingerprint density at radius 3 is 2.45 bits per heavy atom. The molecular formula is C17H23NO2. The molecule has 0 spiro atoms. The van der Waals surface area contributed by atoms with Gasteiger partial charge in [0.1, 0.15) is 0 Å². The highest BCUT2D eigenvalue weighted by Crippen LogP contribution is 2.29. The molecule has 0 unspecified atom stereocenters. The van der Waals surface area contributed by atoms with Crippen LogP contribution in [0.5, 0.6) is 0 Å². The predicted molar refractivity (Wildman–Crippen MR) is 81.3 cm³/mol. The lowest BCUT2D eigenvalue weighted by atomic mass is 9.98. The molecule has 3 nitrogen and oxygen atoms in total. The van der Waals surface area contributed by atoms with E-state index in [0.29, 0.717) is 5.57 Å². The summed E-state index contributed by atoms with van der Waals surface area (Å²) >= 11 is 0. The highest BCUT2D eigenvalue weighted by molar-refractivity contribution is 5.97. The summed E-state index contributed by atoms with van der Waals surface area (Å²) in [5.74, 6) is -0.0819. The maximum atomic E-state index is 12.2. The molecule has 0 aliphatic heterocycles. The third kappa shape index (κ3) is 3.48. The van der Waals surface area contributed by atoms with Gasteiger partial charge in [-0.3, -0.25) is 4.79 Å². The lowest BCUT2D eigenvalue weighted by molar-refractivity contribution is -0.119. The molecule has 3 heteroatoms. The Morgan fingerprint density at radius 2 is 1.90 bits per heavy atom. The van der Waals surface area contributed by atoms with E-state index in [9.17, 15) is 9.90 Å². The number of nitrogens with one attached hydrogen (secondary N) is 1. The standard InChI is InChI=1S/C17H23NO2/c1-13-5-7-15(8-6-13)11-14(2)16(20)18-17(12-19)9-3-4-10-17/h5-8,11,19H,3-4,9-10,12H2,1-2H3,(H,18,20)/b14-11-. The first-order chi connectivity index (χ1) is 9.54. The van der Waals surface area contributed by atoms with Crippen molar-refractivity contribution >= 4 is 12.0 Å². The Bertz CT molecular complexity index is 496. The van der Waals surface area contributed by atoms with Crippen molar-refractivity contribution in [1.82, 2.24) is 5.32 Å². The summed E-state index contributed by atoms with van der Waals surface area (Å²) in [6.07, 6.45) is 5.76. The lowest BCUT2D eigenvalue weighted by Crippen LogP contribution is -2.49. The molecular weight excluding hydrogens is 250 g/mol. The number of aliphatic hydroxyl groups excluding tert-OH is 1. The molecule has 1 aromatic rings. The van der Waals surface area contributed by atoms with Crippen molar-refractivity contribution in [2.24, 2.45) is 0 Å². The smallest absolute Gasteiger partial charge is 0.247 e. The monoisotopic (exact) mass is 273 g/mol. The zero-order valence-electron chi connectivity index (χ0n) is 12.3. The van der Waals surface area contributed by atoms with Gasteiger partial charge in [-0.1, -0.05) is 42.7 Å². The first-order valence-electron chi connectivity index (χ1n) is 7.23. The number of amides is 1. The highest BCUT2D eigenvalue weighted by atomic mass is 16.3. The third-order valence-corrected chi connectivity index (χ3v) is 4.06. The van der Waals surface area contributed by atoms with E-state index in [1.165, 1.54) is 5.56 Å². The summed E-state index contributed by atoms with van der Waals surface area (Å²) in [7, 11) is 0. The topological polar surface area (TPSA) is 49.3 Å². The minimum absolute atomic E-state index is 0.0244. The van der Waals surface area contributed by atoms with E-state index in [0.717, 1.165) is 31.2 Å². The van der Waals surface area contributed by atoms with Gasteiger partial charge < -0.3 is 10.4 Å². The molecule has 0 radical (unpaired) electrons. The van der Waals surface area contributed by atoms with Crippen LogP contribution >= 0.6 is 0 Å². The Kier molecular flexibility index (Phi) is 4.61. The summed E-state index contributed by atoms with van der Waals surface area (Å²) in [4.78, 5) is 12.2. The van der Waals surface area contributed by atoms with Gasteiger partial charge >= 0.3 is 0 Å². The average Bonchev–Trinajstić information content (AvgIpc) is 2.90. The molecule has 108 valence electrons. The van der Waals surface area contributed by atoms with Crippen LogP contribution in [-0.4, -0.2) is 23.2 Å². The minimum atomic E-state index is -0.403. The first-order valence-corrected chi connectivity index (χ1v) is 7.23. The Balaban J connectivity index is 2.06. The zero-order valence-corrected chi connectivity index (χ0v) is 12.3. The molecule has 1 aliphatic rings. The van der Waals surface area contributed by atoms with Gasteiger partial charge in [-0.25, -0.2) is 0 Å². The van der Waals surface area contributed by atoms with Crippen molar-refractivity contribution in [3.8, 4) is 0 Å². The van der Waals surface area contributed by atoms with Gasteiger partial charge in [-0.2, -0.15) is 0 Å². The lowest BCUT2D eigenvalue weighted by Gasteiger charge is -2.28. The van der Waals surface area contributed by atoms with Gasteiger partial charge in [-0.15, -0.1) is 0 Å². The summed E-state index contributed by atoms with van der Waals surface area (Å²) < 4.78 is 0. The molecule has 0 heterocycles. The summed E-state index contributed by atoms with van der Waals surface area (Å²) in [5, 5.41) is 12.5. The van der Waals surface area contributed by atoms with E-state index in [4.69, 9.17) is 0 Å². The second-order valence-corrected chi connectivity index (χ2v) is 5.84. The van der Waals surface area contributed by atoms with Crippen molar-refractivity contribution < 1.29 is 9.90 Å². The van der Waals surface area contributed by atoms with Crippen molar-refractivity contribution in [3.63, 3.8) is 0 Å². The summed E-state index contributed by atoms with van der Waals surface area (Å²) in [6.45, 7) is 3.88. The van der Waals surface area contributed by atoms with Crippen molar-refractivity contribution in [2.75, 3.05) is 6.61 Å². The van der Waals surface area contributed by atoms with Crippen LogP contribution in [0.4, 0.5) is 0 Å². The summed E-state index contributed by atoms with van der Waals surface area (Å²) in [5.41, 5.74) is 2.50. The first kappa shape index (κ1) is 14.8. The quantitative estimate of drug-likeness (QED) is 0.829. The van der Waals surface area contributed by atoms with Crippen LogP contribution in [0.1, 0.15) is 43.7 Å². The Morgan fingerprint density at radius 1 is 1.30 bits per heavy atom. The van der Waals surface area contributed by atoms with E-state index in [1.54, 1.807) is 0 Å². The molecule has 1 saturated carbocycles. The SMILES string of the molecule is C/C(=C/c1ccc(C)cc1)C(=O)NC1(CO)CCCC1. The van der Waals surface area contributed by atoms with Crippen LogP contribution in [-0.2, 0) is 4.79 Å². The molecule has 2 N–H and O–H groups in total. The van der Waals surface area contributed by atoms with Gasteiger partial charge in [0.25, 0.3) is 0 Å². The fraction of sp³-hybridized carbons (Fsp3) is 0.471. The largest absolute Gasteiger partial charge is 0.394 e. The van der Waals surface area contributed by atoms with Crippen LogP contribution in [0.25, 0.3) is 6.08 Å². The molecule has 0 atom stereocenters. The van der Waals surface area contributed by atoms with E-state index >= 15 is 0 Å². The molecule has 1 amide bonds. The fourth-order valence-corrected chi connectivity index (χ4v) is 2.69. The second-order valence-electron chi connectivity index (χ2n) is 5.84. The van der Waals surface area contributed by atoms with Crippen molar-refractivity contribution in [1.29, 1.82) is 0 Å². The Labute approximate surface area is 120 Å². The van der Waals surface area contributed by atoms with Gasteiger partial charge in [0.2, 0.25) is 5.91 Å². The molecule has 1 fully saturated rings. The third-order valence-electron chi connectivity index (χ3n) is 4.06. The van der Waals surface area contributed by atoms with Crippen molar-refractivity contribution in [3.05, 3.63) is 41.0 Å². The molecule has 0 aromatic heterocycles. The molecule has 20 heavy (non-hydrogen) atoms. The van der Waals surface area contributed by atoms with Crippen molar-refractivity contribution in [2.45, 2.75) is 45.1 Å². The van der Waals surface area contributed by atoms with Gasteiger partial charge in [0, 0.05) is 5.57 Å². The number of rotatable bonds is 4. The average molecular weight is 273 g/mol. The minimum Gasteiger partial charge on any atom is -0.394 e. The number of aliphatic hydroxyl groups is 1. The van der Waals surface area contributed by atoms with E-state index in [-0.39, 0.29) is 12.5 Å². The van der Waals surface area contributed by atoms with Crippen LogP contribution in [0.3, 0.4) is 0 Å². The number of benzene rings is 1. The number of carbonyl (C=O) groups excluding carboxylic acids is 1. The molecule has 2 rings (SSSR count). The number of aryl methyl sites for hydroxylation is 1. The predicted octanol–water partition coefficient (Wildman–Crippen LogP) is 2.82.